The van der Waals surface area contributed by atoms with Gasteiger partial charge in [-0.1, -0.05) is 26.2 Å². The van der Waals surface area contributed by atoms with Crippen molar-refractivity contribution in [2.75, 3.05) is 5.75 Å². The molecule has 1 atom stereocenters. The summed E-state index contributed by atoms with van der Waals surface area (Å²) in [5.74, 6) is 0.397. The van der Waals surface area contributed by atoms with E-state index in [-0.39, 0.29) is 0 Å². The second-order valence-electron chi connectivity index (χ2n) is 3.26. The molecule has 0 N–H and O–H groups in total. The second kappa shape index (κ2) is 4.51. The summed E-state index contributed by atoms with van der Waals surface area (Å²) in [4.78, 5) is 0. The normalized spacial score (nSPS) is 27.6. The predicted octanol–water partition coefficient (Wildman–Crippen LogP) is 2.40. The number of unbranched alkanes of at least 4 members (excludes halogenated alkanes) is 2. The maximum Gasteiger partial charge on any atom is 0.201 e. The lowest BCUT2D eigenvalue weighted by Crippen LogP contribution is -1.96. The average molecular weight is 208 g/mol. The summed E-state index contributed by atoms with van der Waals surface area (Å²) >= 11 is 0. The maximum atomic E-state index is 11.0. The molecule has 4 heteroatoms. The first kappa shape index (κ1) is 10.4. The Morgan fingerprint density at radius 1 is 1.42 bits per heavy atom. The van der Waals surface area contributed by atoms with E-state index in [9.17, 15) is 8.42 Å². The molecule has 0 unspecified atom stereocenters. The van der Waals surface area contributed by atoms with Crippen LogP contribution >= 0.6 is 10.8 Å². The maximum absolute atomic E-state index is 11.0. The Morgan fingerprint density at radius 3 is 2.67 bits per heavy atom. The van der Waals surface area contributed by atoms with E-state index in [0.717, 1.165) is 12.8 Å². The summed E-state index contributed by atoms with van der Waals surface area (Å²) < 4.78 is 22.1. The van der Waals surface area contributed by atoms with Gasteiger partial charge in [0.05, 0.1) is 5.75 Å². The van der Waals surface area contributed by atoms with Crippen LogP contribution in [0.1, 0.15) is 39.0 Å². The molecule has 1 heterocycles. The summed E-state index contributed by atoms with van der Waals surface area (Å²) in [7, 11) is -1.53. The highest BCUT2D eigenvalue weighted by molar-refractivity contribution is 8.72. The second-order valence-corrected chi connectivity index (χ2v) is 7.75. The molecule has 0 aromatic heterocycles. The standard InChI is InChI=1S/C8H16O2S2/c1-2-3-4-5-8-6-7-12(9,10)11-8/h8H,2-7H2,1H3/t8-/m0/s1. The van der Waals surface area contributed by atoms with Crippen molar-refractivity contribution in [2.24, 2.45) is 0 Å². The van der Waals surface area contributed by atoms with E-state index < -0.39 is 8.87 Å². The lowest BCUT2D eigenvalue weighted by molar-refractivity contribution is 0.607. The largest absolute Gasteiger partial charge is 0.217 e. The molecule has 0 amide bonds. The van der Waals surface area contributed by atoms with Gasteiger partial charge in [-0.25, -0.2) is 8.42 Å². The van der Waals surface area contributed by atoms with Crippen molar-refractivity contribution in [3.8, 4) is 0 Å². The van der Waals surface area contributed by atoms with Gasteiger partial charge >= 0.3 is 0 Å². The summed E-state index contributed by atoms with van der Waals surface area (Å²) in [6.45, 7) is 2.17. The van der Waals surface area contributed by atoms with Crippen molar-refractivity contribution in [1.29, 1.82) is 0 Å². The van der Waals surface area contributed by atoms with Crippen molar-refractivity contribution in [2.45, 2.75) is 44.3 Å². The summed E-state index contributed by atoms with van der Waals surface area (Å²) in [5.41, 5.74) is 0. The van der Waals surface area contributed by atoms with Crippen LogP contribution in [0.3, 0.4) is 0 Å². The van der Waals surface area contributed by atoms with E-state index in [0.29, 0.717) is 11.0 Å². The van der Waals surface area contributed by atoms with Gasteiger partial charge in [-0.2, -0.15) is 0 Å². The van der Waals surface area contributed by atoms with E-state index in [1.165, 1.54) is 30.1 Å². The molecule has 0 saturated carbocycles. The van der Waals surface area contributed by atoms with Gasteiger partial charge in [-0.15, -0.1) is 0 Å². The molecule has 1 rings (SSSR count). The van der Waals surface area contributed by atoms with Crippen molar-refractivity contribution in [3.05, 3.63) is 0 Å². The molecule has 0 spiro atoms. The monoisotopic (exact) mass is 208 g/mol. The van der Waals surface area contributed by atoms with E-state index >= 15 is 0 Å². The van der Waals surface area contributed by atoms with Gasteiger partial charge in [0.1, 0.15) is 0 Å². The zero-order chi connectivity index (χ0) is 9.03. The molecule has 0 aliphatic carbocycles. The van der Waals surface area contributed by atoms with Crippen molar-refractivity contribution in [1.82, 2.24) is 0 Å². The van der Waals surface area contributed by atoms with Crippen LogP contribution in [-0.4, -0.2) is 19.4 Å². The van der Waals surface area contributed by atoms with Crippen LogP contribution in [0.4, 0.5) is 0 Å². The van der Waals surface area contributed by atoms with Crippen LogP contribution < -0.4 is 0 Å². The first-order chi connectivity index (χ1) is 5.64. The van der Waals surface area contributed by atoms with Gasteiger partial charge in [0.25, 0.3) is 0 Å². The Kier molecular flexibility index (Phi) is 3.90. The van der Waals surface area contributed by atoms with Crippen LogP contribution in [0.5, 0.6) is 0 Å². The topological polar surface area (TPSA) is 34.1 Å². The van der Waals surface area contributed by atoms with Gasteiger partial charge in [0, 0.05) is 5.25 Å². The molecule has 1 fully saturated rings. The Balaban J connectivity index is 2.20. The molecule has 1 aliphatic heterocycles. The number of rotatable bonds is 4. The first-order valence-corrected chi connectivity index (χ1v) is 7.60. The van der Waals surface area contributed by atoms with Crippen LogP contribution in [0.2, 0.25) is 0 Å². The van der Waals surface area contributed by atoms with Gasteiger partial charge in [0.2, 0.25) is 8.87 Å². The smallest absolute Gasteiger partial charge is 0.201 e. The predicted molar refractivity (Wildman–Crippen MR) is 53.9 cm³/mol. The minimum Gasteiger partial charge on any atom is -0.217 e. The quantitative estimate of drug-likeness (QED) is 0.525. The third-order valence-corrected chi connectivity index (χ3v) is 6.07. The van der Waals surface area contributed by atoms with E-state index in [2.05, 4.69) is 6.92 Å². The van der Waals surface area contributed by atoms with Crippen LogP contribution in [-0.2, 0) is 8.87 Å². The van der Waals surface area contributed by atoms with Crippen molar-refractivity contribution >= 4 is 19.7 Å². The molecular formula is C8H16O2S2. The SMILES string of the molecule is CCCCC[C@H]1CCS(=O)(=O)S1. The van der Waals surface area contributed by atoms with Gasteiger partial charge in [0.15, 0.2) is 0 Å². The fourth-order valence-electron chi connectivity index (χ4n) is 1.39. The zero-order valence-corrected chi connectivity index (χ0v) is 9.09. The molecule has 1 aliphatic rings. The van der Waals surface area contributed by atoms with E-state index in [1.807, 2.05) is 0 Å². The molecule has 0 bridgehead atoms. The van der Waals surface area contributed by atoms with Crippen LogP contribution in [0.15, 0.2) is 0 Å². The highest BCUT2D eigenvalue weighted by Crippen LogP contribution is 2.34. The van der Waals surface area contributed by atoms with Crippen LogP contribution in [0, 0.1) is 0 Å². The minimum absolute atomic E-state index is 0.390. The lowest BCUT2D eigenvalue weighted by Gasteiger charge is -2.04. The molecule has 2 nitrogen and oxygen atoms in total. The van der Waals surface area contributed by atoms with Gasteiger partial charge in [-0.3, -0.25) is 0 Å². The molecule has 1 saturated heterocycles. The first-order valence-electron chi connectivity index (χ1n) is 4.55. The third kappa shape index (κ3) is 3.35. The number of hydrogen-bond donors (Lipinski definition) is 0. The van der Waals surface area contributed by atoms with E-state index in [4.69, 9.17) is 0 Å². The Bertz CT molecular complexity index is 221. The van der Waals surface area contributed by atoms with Crippen LogP contribution in [0.25, 0.3) is 0 Å². The zero-order valence-electron chi connectivity index (χ0n) is 7.45. The molecular weight excluding hydrogens is 192 g/mol. The summed E-state index contributed by atoms with van der Waals surface area (Å²) in [6.07, 6.45) is 5.58. The van der Waals surface area contributed by atoms with Crippen molar-refractivity contribution < 1.29 is 8.42 Å². The molecule has 0 radical (unpaired) electrons. The van der Waals surface area contributed by atoms with E-state index in [1.54, 1.807) is 0 Å². The highest BCUT2D eigenvalue weighted by atomic mass is 33.1. The van der Waals surface area contributed by atoms with Gasteiger partial charge < -0.3 is 0 Å². The lowest BCUT2D eigenvalue weighted by atomic mass is 10.1. The summed E-state index contributed by atoms with van der Waals surface area (Å²) in [6, 6.07) is 0. The van der Waals surface area contributed by atoms with Gasteiger partial charge in [-0.05, 0) is 23.6 Å². The molecule has 0 aromatic carbocycles. The Labute approximate surface area is 78.4 Å². The fraction of sp³-hybridized carbons (Fsp3) is 1.00. The summed E-state index contributed by atoms with van der Waals surface area (Å²) in [5, 5.41) is 0.390. The molecule has 0 aromatic rings. The number of hydrogen-bond acceptors (Lipinski definition) is 3. The molecule has 12 heavy (non-hydrogen) atoms. The molecule has 72 valence electrons. The highest BCUT2D eigenvalue weighted by Gasteiger charge is 2.27. The minimum atomic E-state index is -2.72. The Hall–Kier alpha value is 0.300. The fourth-order valence-corrected chi connectivity index (χ4v) is 5.50. The average Bonchev–Trinajstić information content (AvgIpc) is 2.31. The third-order valence-electron chi connectivity index (χ3n) is 2.10. The van der Waals surface area contributed by atoms with Crippen molar-refractivity contribution in [3.63, 3.8) is 0 Å². The Morgan fingerprint density at radius 2 is 2.17 bits per heavy atom.